The van der Waals surface area contributed by atoms with E-state index in [1.807, 2.05) is 6.92 Å². The predicted molar refractivity (Wildman–Crippen MR) is 77.0 cm³/mol. The molecule has 21 heavy (non-hydrogen) atoms. The van der Waals surface area contributed by atoms with Crippen LogP contribution in [0.4, 0.5) is 5.69 Å². The molecule has 0 saturated carbocycles. The molecule has 0 aliphatic heterocycles. The summed E-state index contributed by atoms with van der Waals surface area (Å²) in [6.07, 6.45) is 1.91. The summed E-state index contributed by atoms with van der Waals surface area (Å²) in [5.41, 5.74) is 0.0513. The number of nitro benzene ring substituents is 1. The van der Waals surface area contributed by atoms with E-state index in [4.69, 9.17) is 4.74 Å². The van der Waals surface area contributed by atoms with Gasteiger partial charge in [0, 0.05) is 24.5 Å². The van der Waals surface area contributed by atoms with Gasteiger partial charge in [0.1, 0.15) is 5.78 Å². The van der Waals surface area contributed by atoms with E-state index in [0.717, 1.165) is 12.8 Å². The lowest BCUT2D eigenvalue weighted by molar-refractivity contribution is -0.385. The van der Waals surface area contributed by atoms with Gasteiger partial charge in [0.15, 0.2) is 0 Å². The van der Waals surface area contributed by atoms with E-state index in [-0.39, 0.29) is 23.5 Å². The van der Waals surface area contributed by atoms with Crippen molar-refractivity contribution in [2.24, 2.45) is 0 Å². The molecule has 114 valence electrons. The Kier molecular flexibility index (Phi) is 6.52. The Morgan fingerprint density at radius 1 is 1.33 bits per heavy atom. The molecule has 0 radical (unpaired) electrons. The number of rotatable bonds is 8. The zero-order chi connectivity index (χ0) is 15.8. The maximum atomic E-state index is 11.9. The Labute approximate surface area is 123 Å². The molecule has 0 aliphatic carbocycles. The van der Waals surface area contributed by atoms with Crippen LogP contribution in [0, 0.1) is 10.1 Å². The number of carbonyl (C=O) groups is 2. The average Bonchev–Trinajstić information content (AvgIpc) is 2.49. The third-order valence-corrected chi connectivity index (χ3v) is 3.24. The summed E-state index contributed by atoms with van der Waals surface area (Å²) in [4.78, 5) is 34.3. The normalized spacial score (nSPS) is 11.7. The van der Waals surface area contributed by atoms with E-state index in [1.165, 1.54) is 25.3 Å². The van der Waals surface area contributed by atoms with E-state index in [1.54, 1.807) is 6.07 Å². The molecule has 0 heterocycles. The van der Waals surface area contributed by atoms with Gasteiger partial charge in [0.2, 0.25) is 0 Å². The number of ether oxygens (including phenoxy) is 1. The number of unbranched alkanes of at least 4 members (excludes halogenated alkanes) is 1. The van der Waals surface area contributed by atoms with Crippen LogP contribution in [0.2, 0.25) is 0 Å². The Morgan fingerprint density at radius 2 is 2.00 bits per heavy atom. The molecule has 0 saturated heterocycles. The van der Waals surface area contributed by atoms with E-state index in [0.29, 0.717) is 6.42 Å². The SMILES string of the molecule is CCCCC(=O)C[C@@H](C(=O)OC)c1ccccc1[N+](=O)[O-]. The maximum Gasteiger partial charge on any atom is 0.313 e. The lowest BCUT2D eigenvalue weighted by Crippen LogP contribution is -2.19. The number of nitro groups is 1. The molecule has 6 nitrogen and oxygen atoms in total. The summed E-state index contributed by atoms with van der Waals surface area (Å²) < 4.78 is 4.69. The Bertz CT molecular complexity index is 527. The van der Waals surface area contributed by atoms with Crippen LogP contribution in [0.1, 0.15) is 44.1 Å². The predicted octanol–water partition coefficient (Wildman–Crippen LogP) is 3.00. The second kappa shape index (κ2) is 8.14. The minimum atomic E-state index is -0.930. The van der Waals surface area contributed by atoms with Crippen molar-refractivity contribution in [2.75, 3.05) is 7.11 Å². The molecule has 0 spiro atoms. The highest BCUT2D eigenvalue weighted by atomic mass is 16.6. The molecule has 0 N–H and O–H groups in total. The summed E-state index contributed by atoms with van der Waals surface area (Å²) in [7, 11) is 1.21. The van der Waals surface area contributed by atoms with Crippen molar-refractivity contribution >= 4 is 17.4 Å². The average molecular weight is 293 g/mol. The van der Waals surface area contributed by atoms with Gasteiger partial charge in [-0.05, 0) is 6.42 Å². The lowest BCUT2D eigenvalue weighted by Gasteiger charge is -2.14. The van der Waals surface area contributed by atoms with Crippen LogP contribution >= 0.6 is 0 Å². The van der Waals surface area contributed by atoms with Crippen molar-refractivity contribution in [1.29, 1.82) is 0 Å². The van der Waals surface area contributed by atoms with Crippen LogP contribution < -0.4 is 0 Å². The molecule has 1 aromatic carbocycles. The van der Waals surface area contributed by atoms with Crippen LogP contribution in [0.5, 0.6) is 0 Å². The van der Waals surface area contributed by atoms with Crippen LogP contribution in [-0.4, -0.2) is 23.8 Å². The summed E-state index contributed by atoms with van der Waals surface area (Å²) in [6.45, 7) is 1.97. The molecule has 0 aromatic heterocycles. The van der Waals surface area contributed by atoms with Crippen molar-refractivity contribution in [3.63, 3.8) is 0 Å². The highest BCUT2D eigenvalue weighted by molar-refractivity contribution is 5.88. The van der Waals surface area contributed by atoms with Gasteiger partial charge in [-0.2, -0.15) is 0 Å². The highest BCUT2D eigenvalue weighted by Gasteiger charge is 2.30. The van der Waals surface area contributed by atoms with Crippen LogP contribution in [0.15, 0.2) is 24.3 Å². The first-order valence-electron chi connectivity index (χ1n) is 6.84. The number of Topliss-reactive ketones (excluding diaryl/α,β-unsaturated/α-hetero) is 1. The van der Waals surface area contributed by atoms with Crippen LogP contribution in [0.3, 0.4) is 0 Å². The van der Waals surface area contributed by atoms with Gasteiger partial charge in [-0.25, -0.2) is 0 Å². The first-order valence-corrected chi connectivity index (χ1v) is 6.84. The number of benzene rings is 1. The molecule has 0 amide bonds. The molecular formula is C15H19NO5. The fraction of sp³-hybridized carbons (Fsp3) is 0.467. The minimum Gasteiger partial charge on any atom is -0.469 e. The maximum absolute atomic E-state index is 11.9. The van der Waals surface area contributed by atoms with E-state index >= 15 is 0 Å². The molecule has 0 unspecified atom stereocenters. The smallest absolute Gasteiger partial charge is 0.313 e. The van der Waals surface area contributed by atoms with Crippen molar-refractivity contribution in [3.05, 3.63) is 39.9 Å². The summed E-state index contributed by atoms with van der Waals surface area (Å²) in [5.74, 6) is -1.65. The molecule has 0 fully saturated rings. The summed E-state index contributed by atoms with van der Waals surface area (Å²) in [5, 5.41) is 11.1. The van der Waals surface area contributed by atoms with E-state index in [2.05, 4.69) is 0 Å². The number of methoxy groups -OCH3 is 1. The number of esters is 1. The third-order valence-electron chi connectivity index (χ3n) is 3.24. The van der Waals surface area contributed by atoms with Crippen molar-refractivity contribution < 1.29 is 19.2 Å². The largest absolute Gasteiger partial charge is 0.469 e. The fourth-order valence-corrected chi connectivity index (χ4v) is 2.11. The Morgan fingerprint density at radius 3 is 2.57 bits per heavy atom. The van der Waals surface area contributed by atoms with E-state index < -0.39 is 16.8 Å². The third kappa shape index (κ3) is 4.66. The number of carbonyl (C=O) groups excluding carboxylic acids is 2. The zero-order valence-corrected chi connectivity index (χ0v) is 12.2. The molecule has 6 heteroatoms. The number of nitrogens with zero attached hydrogens (tertiary/aromatic N) is 1. The summed E-state index contributed by atoms with van der Waals surface area (Å²) >= 11 is 0. The zero-order valence-electron chi connectivity index (χ0n) is 12.2. The minimum absolute atomic E-state index is 0.0719. The number of ketones is 1. The van der Waals surface area contributed by atoms with Gasteiger partial charge in [0.25, 0.3) is 5.69 Å². The number of hydrogen-bond acceptors (Lipinski definition) is 5. The van der Waals surface area contributed by atoms with E-state index in [9.17, 15) is 19.7 Å². The van der Waals surface area contributed by atoms with Gasteiger partial charge in [-0.1, -0.05) is 31.5 Å². The standard InChI is InChI=1S/C15H19NO5/c1-3-4-7-11(17)10-13(15(18)21-2)12-8-5-6-9-14(12)16(19)20/h5-6,8-9,13H,3-4,7,10H2,1-2H3/t13-/m1/s1. The lowest BCUT2D eigenvalue weighted by atomic mass is 9.91. The molecule has 1 atom stereocenters. The van der Waals surface area contributed by atoms with Gasteiger partial charge in [-0.15, -0.1) is 0 Å². The second-order valence-corrected chi connectivity index (χ2v) is 4.74. The van der Waals surface area contributed by atoms with Gasteiger partial charge in [-0.3, -0.25) is 19.7 Å². The van der Waals surface area contributed by atoms with Crippen molar-refractivity contribution in [1.82, 2.24) is 0 Å². The van der Waals surface area contributed by atoms with Crippen molar-refractivity contribution in [2.45, 2.75) is 38.5 Å². The van der Waals surface area contributed by atoms with Crippen molar-refractivity contribution in [3.8, 4) is 0 Å². The summed E-state index contributed by atoms with van der Waals surface area (Å²) in [6, 6.07) is 5.94. The van der Waals surface area contributed by atoms with Crippen LogP contribution in [-0.2, 0) is 14.3 Å². The fourth-order valence-electron chi connectivity index (χ4n) is 2.11. The second-order valence-electron chi connectivity index (χ2n) is 4.74. The monoisotopic (exact) mass is 293 g/mol. The van der Waals surface area contributed by atoms with Gasteiger partial charge >= 0.3 is 5.97 Å². The number of hydrogen-bond donors (Lipinski definition) is 0. The van der Waals surface area contributed by atoms with Gasteiger partial charge < -0.3 is 4.74 Å². The Hall–Kier alpha value is -2.24. The number of para-hydroxylation sites is 1. The highest BCUT2D eigenvalue weighted by Crippen LogP contribution is 2.30. The quantitative estimate of drug-likeness (QED) is 0.418. The topological polar surface area (TPSA) is 86.5 Å². The molecule has 0 bridgehead atoms. The molecule has 1 rings (SSSR count). The molecule has 0 aliphatic rings. The molecule has 1 aromatic rings. The van der Waals surface area contributed by atoms with Gasteiger partial charge in [0.05, 0.1) is 18.0 Å². The molecular weight excluding hydrogens is 274 g/mol. The first kappa shape index (κ1) is 16.8. The van der Waals surface area contributed by atoms with Crippen LogP contribution in [0.25, 0.3) is 0 Å². The Balaban J connectivity index is 3.06. The first-order chi connectivity index (χ1) is 10.0.